The van der Waals surface area contributed by atoms with Crippen LogP contribution < -0.4 is 8.37 Å². The van der Waals surface area contributed by atoms with Crippen LogP contribution in [0.25, 0.3) is 0 Å². The lowest BCUT2D eigenvalue weighted by Gasteiger charge is -2.22. The molecule has 0 heterocycles. The number of hydrogen-bond donors (Lipinski definition) is 0. The fourth-order valence-corrected chi connectivity index (χ4v) is 6.59. The maximum Gasteiger partial charge on any atom is 0.306 e. The predicted octanol–water partition coefficient (Wildman–Crippen LogP) is 7.58. The molecule has 46 heavy (non-hydrogen) atoms. The molecule has 0 spiro atoms. The van der Waals surface area contributed by atoms with E-state index in [1.807, 2.05) is 24.3 Å². The van der Waals surface area contributed by atoms with Crippen LogP contribution in [0.1, 0.15) is 84.7 Å². The Kier molecular flexibility index (Phi) is 11.8. The molecule has 4 aromatic rings. The number of ketones is 1. The van der Waals surface area contributed by atoms with Gasteiger partial charge in [0.15, 0.2) is 0 Å². The molecule has 0 N–H and O–H groups in total. The van der Waals surface area contributed by atoms with Crippen LogP contribution in [0.4, 0.5) is 0 Å². The molecule has 0 saturated heterocycles. The summed E-state index contributed by atoms with van der Waals surface area (Å²) in [5.41, 5.74) is 6.19. The number of benzene rings is 4. The minimum Gasteiger partial charge on any atom is -0.383 e. The van der Waals surface area contributed by atoms with Gasteiger partial charge in [-0.25, -0.2) is 0 Å². The van der Waals surface area contributed by atoms with Gasteiger partial charge in [0.2, 0.25) is 0 Å². The van der Waals surface area contributed by atoms with Crippen molar-refractivity contribution in [1.29, 1.82) is 0 Å². The van der Waals surface area contributed by atoms with Gasteiger partial charge in [-0.3, -0.25) is 4.79 Å². The molecule has 2 atom stereocenters. The molecule has 0 aliphatic carbocycles. The van der Waals surface area contributed by atoms with Crippen LogP contribution in [0, 0.1) is 0 Å². The number of aryl methyl sites for hydroxylation is 2. The van der Waals surface area contributed by atoms with Gasteiger partial charge in [-0.05, 0) is 70.5 Å². The topological polar surface area (TPSA) is 104 Å². The third-order valence-corrected chi connectivity index (χ3v) is 8.76. The highest BCUT2D eigenvalue weighted by Crippen LogP contribution is 2.35. The van der Waals surface area contributed by atoms with E-state index < -0.39 is 20.2 Å². The van der Waals surface area contributed by atoms with Gasteiger partial charge in [0.05, 0.1) is 12.5 Å². The lowest BCUT2D eigenvalue weighted by atomic mass is 9.81. The number of carbonyl (C=O) groups excluding carboxylic acids is 1. The summed E-state index contributed by atoms with van der Waals surface area (Å²) >= 11 is 0. The molecule has 0 aromatic heterocycles. The van der Waals surface area contributed by atoms with Crippen LogP contribution in [-0.2, 0) is 37.9 Å². The Morgan fingerprint density at radius 3 is 1.07 bits per heavy atom. The first-order chi connectivity index (χ1) is 21.8. The van der Waals surface area contributed by atoms with Crippen LogP contribution in [0.15, 0.2) is 97.1 Å². The maximum atomic E-state index is 14.0. The summed E-state index contributed by atoms with van der Waals surface area (Å²) in [5, 5.41) is 0. The number of Topliss-reactive ketones (excluding diaryl/α,β-unsaturated/α-hetero) is 1. The Bertz CT molecular complexity index is 1660. The smallest absolute Gasteiger partial charge is 0.306 e. The van der Waals surface area contributed by atoms with E-state index in [-0.39, 0.29) is 42.0 Å². The lowest BCUT2D eigenvalue weighted by Crippen LogP contribution is -2.14. The Hall–Kier alpha value is -3.95. The molecule has 0 bridgehead atoms. The molecule has 244 valence electrons. The monoisotopic (exact) mass is 662 g/mol. The summed E-state index contributed by atoms with van der Waals surface area (Å²) in [6, 6.07) is 30.3. The molecule has 4 rings (SSSR count). The van der Waals surface area contributed by atoms with Crippen molar-refractivity contribution in [3.8, 4) is 11.5 Å². The second kappa shape index (κ2) is 15.6. The second-order valence-electron chi connectivity index (χ2n) is 11.7. The minimum absolute atomic E-state index is 0.0539. The highest BCUT2D eigenvalue weighted by Gasteiger charge is 2.24. The van der Waals surface area contributed by atoms with Crippen molar-refractivity contribution in [1.82, 2.24) is 0 Å². The first-order valence-corrected chi connectivity index (χ1v) is 19.1. The second-order valence-corrected chi connectivity index (χ2v) is 14.9. The molecule has 0 saturated carbocycles. The Labute approximate surface area is 273 Å². The SMILES string of the molecule is CCCc1ccc(C(CC(=O)CC(c2ccc(CCC)cc2)c2ccc(OS(C)(=O)=O)cc2)c2ccc(OS(C)(=O)=O)cc2)cc1. The molecule has 0 amide bonds. The van der Waals surface area contributed by atoms with Crippen molar-refractivity contribution in [2.24, 2.45) is 0 Å². The van der Waals surface area contributed by atoms with Gasteiger partial charge >= 0.3 is 20.2 Å². The zero-order valence-corrected chi connectivity index (χ0v) is 28.4. The minimum atomic E-state index is -3.67. The van der Waals surface area contributed by atoms with Crippen LogP contribution in [0.5, 0.6) is 11.5 Å². The number of carbonyl (C=O) groups is 1. The Morgan fingerprint density at radius 2 is 0.804 bits per heavy atom. The van der Waals surface area contributed by atoms with Crippen LogP contribution in [0.2, 0.25) is 0 Å². The molecule has 0 fully saturated rings. The van der Waals surface area contributed by atoms with E-state index in [4.69, 9.17) is 8.37 Å². The first kappa shape index (κ1) is 34.9. The average molecular weight is 663 g/mol. The highest BCUT2D eigenvalue weighted by atomic mass is 32.2. The first-order valence-electron chi connectivity index (χ1n) is 15.5. The molecule has 9 heteroatoms. The molecular formula is C37H42O7S2. The van der Waals surface area contributed by atoms with Gasteiger partial charge in [-0.2, -0.15) is 16.8 Å². The van der Waals surface area contributed by atoms with Gasteiger partial charge in [-0.1, -0.05) is 99.5 Å². The van der Waals surface area contributed by atoms with Crippen molar-refractivity contribution < 1.29 is 30.0 Å². The third kappa shape index (κ3) is 10.6. The largest absolute Gasteiger partial charge is 0.383 e. The summed E-state index contributed by atoms with van der Waals surface area (Å²) < 4.78 is 56.6. The normalized spacial score (nSPS) is 13.1. The molecule has 0 aliphatic heterocycles. The summed E-state index contributed by atoms with van der Waals surface area (Å²) in [6.45, 7) is 4.27. The standard InChI is InChI=1S/C37H42O7S2/c1-5-7-27-9-13-29(14-10-27)36(31-17-21-34(22-18-31)43-45(3,39)40)25-33(38)26-37(30-15-11-28(8-6-2)12-16-30)32-19-23-35(24-20-32)44-46(4,41)42/h9-24,36-37H,5-8,25-26H2,1-4H3. The zero-order valence-electron chi connectivity index (χ0n) is 26.8. The van der Waals surface area contributed by atoms with E-state index in [0.29, 0.717) is 0 Å². The van der Waals surface area contributed by atoms with Crippen molar-refractivity contribution in [2.45, 2.75) is 64.2 Å². The zero-order chi connectivity index (χ0) is 33.3. The fraction of sp³-hybridized carbons (Fsp3) is 0.324. The summed E-state index contributed by atoms with van der Waals surface area (Å²) in [6.07, 6.45) is 6.47. The van der Waals surface area contributed by atoms with Crippen molar-refractivity contribution >= 4 is 26.0 Å². The molecule has 0 radical (unpaired) electrons. The van der Waals surface area contributed by atoms with Crippen LogP contribution >= 0.6 is 0 Å². The van der Waals surface area contributed by atoms with Gasteiger partial charge in [0.1, 0.15) is 17.3 Å². The Balaban J connectivity index is 1.65. The molecule has 4 aromatic carbocycles. The molecule has 2 unspecified atom stereocenters. The van der Waals surface area contributed by atoms with E-state index in [1.165, 1.54) is 11.1 Å². The van der Waals surface area contributed by atoms with Gasteiger partial charge in [-0.15, -0.1) is 0 Å². The van der Waals surface area contributed by atoms with E-state index in [9.17, 15) is 21.6 Å². The van der Waals surface area contributed by atoms with Crippen LogP contribution in [0.3, 0.4) is 0 Å². The summed E-state index contributed by atoms with van der Waals surface area (Å²) in [5.74, 6) is -0.0330. The lowest BCUT2D eigenvalue weighted by molar-refractivity contribution is -0.119. The van der Waals surface area contributed by atoms with Gasteiger partial charge in [0.25, 0.3) is 0 Å². The van der Waals surface area contributed by atoms with E-state index in [0.717, 1.165) is 60.4 Å². The summed E-state index contributed by atoms with van der Waals surface area (Å²) in [7, 11) is -7.34. The molecule has 7 nitrogen and oxygen atoms in total. The van der Waals surface area contributed by atoms with Crippen molar-refractivity contribution in [3.05, 3.63) is 130 Å². The highest BCUT2D eigenvalue weighted by molar-refractivity contribution is 7.86. The van der Waals surface area contributed by atoms with Crippen molar-refractivity contribution in [2.75, 3.05) is 12.5 Å². The van der Waals surface area contributed by atoms with Crippen molar-refractivity contribution in [3.63, 3.8) is 0 Å². The molecular weight excluding hydrogens is 621 g/mol. The van der Waals surface area contributed by atoms with E-state index in [1.54, 1.807) is 24.3 Å². The van der Waals surface area contributed by atoms with E-state index >= 15 is 0 Å². The van der Waals surface area contributed by atoms with Crippen LogP contribution in [-0.4, -0.2) is 35.1 Å². The summed E-state index contributed by atoms with van der Waals surface area (Å²) in [4.78, 5) is 14.0. The number of rotatable bonds is 16. The maximum absolute atomic E-state index is 14.0. The van der Waals surface area contributed by atoms with E-state index in [2.05, 4.69) is 62.4 Å². The van der Waals surface area contributed by atoms with Gasteiger partial charge in [0, 0.05) is 24.7 Å². The van der Waals surface area contributed by atoms with Gasteiger partial charge < -0.3 is 8.37 Å². The quantitative estimate of drug-likeness (QED) is 0.114. The Morgan fingerprint density at radius 1 is 0.522 bits per heavy atom. The predicted molar refractivity (Wildman–Crippen MR) is 183 cm³/mol. The number of hydrogen-bond acceptors (Lipinski definition) is 7. The molecule has 0 aliphatic rings. The third-order valence-electron chi connectivity index (χ3n) is 7.77. The average Bonchev–Trinajstić information content (AvgIpc) is 2.99. The fourth-order valence-electron chi connectivity index (χ4n) is 5.67.